The van der Waals surface area contributed by atoms with E-state index in [1.165, 1.54) is 71.0 Å². The molecule has 0 unspecified atom stereocenters. The van der Waals surface area contributed by atoms with Gasteiger partial charge in [0.2, 0.25) is 0 Å². The standard InChI is InChI=1S/C51H35N3S/c1-51(2)44-15-7-5-13-37(44)40-29-42-39-27-34(35-22-23-46-41(28-35)43-31-52-26-24-47(43)54(46)50-17-9-10-25-53-50)21-20-33(39)19-18-32-11-3-4-12-36(32)38-14-6-8-16-48(38)55-49(42)30-45(40)51/h3-31H,1-2H3/b19-18-. The molecule has 4 heterocycles. The van der Waals surface area contributed by atoms with E-state index in [1.807, 2.05) is 42.5 Å². The van der Waals surface area contributed by atoms with Crippen LogP contribution in [-0.4, -0.2) is 14.5 Å². The largest absolute Gasteiger partial charge is 0.294 e. The van der Waals surface area contributed by atoms with Gasteiger partial charge in [-0.3, -0.25) is 9.55 Å². The Kier molecular flexibility index (Phi) is 7.14. The Labute approximate surface area is 324 Å². The van der Waals surface area contributed by atoms with Crippen LogP contribution in [0, 0.1) is 0 Å². The van der Waals surface area contributed by atoms with Crippen molar-refractivity contribution < 1.29 is 0 Å². The number of nitrogens with zero attached hydrogens (tertiary/aromatic N) is 3. The molecule has 0 amide bonds. The molecule has 0 fully saturated rings. The van der Waals surface area contributed by atoms with Crippen LogP contribution >= 0.6 is 11.8 Å². The summed E-state index contributed by atoms with van der Waals surface area (Å²) in [7, 11) is 0. The van der Waals surface area contributed by atoms with Crippen LogP contribution in [0.2, 0.25) is 0 Å². The fourth-order valence-electron chi connectivity index (χ4n) is 8.88. The summed E-state index contributed by atoms with van der Waals surface area (Å²) in [5.74, 6) is 0.895. The fourth-order valence-corrected chi connectivity index (χ4v) is 10.0. The zero-order chi connectivity index (χ0) is 36.7. The number of benzene rings is 6. The summed E-state index contributed by atoms with van der Waals surface area (Å²) in [5.41, 5.74) is 17.2. The second kappa shape index (κ2) is 12.3. The van der Waals surface area contributed by atoms with E-state index in [0.717, 1.165) is 33.2 Å². The Balaban J connectivity index is 1.17. The maximum absolute atomic E-state index is 4.72. The fraction of sp³-hybridized carbons (Fsp3) is 0.0588. The van der Waals surface area contributed by atoms with Crippen molar-refractivity contribution in [2.24, 2.45) is 0 Å². The lowest BCUT2D eigenvalue weighted by Gasteiger charge is -2.23. The summed E-state index contributed by atoms with van der Waals surface area (Å²) in [5, 5.41) is 2.27. The van der Waals surface area contributed by atoms with Gasteiger partial charge in [0.1, 0.15) is 5.82 Å². The van der Waals surface area contributed by atoms with Gasteiger partial charge in [-0.2, -0.15) is 0 Å². The van der Waals surface area contributed by atoms with Crippen molar-refractivity contribution in [3.63, 3.8) is 0 Å². The summed E-state index contributed by atoms with van der Waals surface area (Å²) >= 11 is 1.88. The van der Waals surface area contributed by atoms with Crippen molar-refractivity contribution >= 4 is 45.7 Å². The Morgan fingerprint density at radius 3 is 2.09 bits per heavy atom. The van der Waals surface area contributed by atoms with Crippen molar-refractivity contribution in [3.05, 3.63) is 186 Å². The quantitative estimate of drug-likeness (QED) is 0.178. The molecule has 6 aromatic carbocycles. The molecular formula is C51H35N3S. The minimum Gasteiger partial charge on any atom is -0.294 e. The average Bonchev–Trinajstić information content (AvgIpc) is 3.67. The summed E-state index contributed by atoms with van der Waals surface area (Å²) < 4.78 is 2.24. The van der Waals surface area contributed by atoms with Crippen LogP contribution < -0.4 is 0 Å². The first kappa shape index (κ1) is 32.0. The minimum absolute atomic E-state index is 0.108. The second-order valence-corrected chi connectivity index (χ2v) is 16.1. The van der Waals surface area contributed by atoms with Crippen LogP contribution in [0.3, 0.4) is 0 Å². The highest BCUT2D eigenvalue weighted by Crippen LogP contribution is 2.53. The Bertz CT molecular complexity index is 3040. The molecule has 0 atom stereocenters. The van der Waals surface area contributed by atoms with Crippen LogP contribution in [0.25, 0.3) is 84.3 Å². The lowest BCUT2D eigenvalue weighted by molar-refractivity contribution is 0.659. The maximum Gasteiger partial charge on any atom is 0.137 e. The van der Waals surface area contributed by atoms with E-state index in [1.54, 1.807) is 0 Å². The van der Waals surface area contributed by atoms with E-state index in [4.69, 9.17) is 4.98 Å². The highest BCUT2D eigenvalue weighted by Gasteiger charge is 2.36. The highest BCUT2D eigenvalue weighted by molar-refractivity contribution is 7.99. The van der Waals surface area contributed by atoms with E-state index < -0.39 is 0 Å². The van der Waals surface area contributed by atoms with Crippen LogP contribution in [-0.2, 0) is 5.41 Å². The molecule has 0 saturated heterocycles. The molecule has 9 aromatic rings. The van der Waals surface area contributed by atoms with Crippen molar-refractivity contribution in [3.8, 4) is 50.3 Å². The number of hydrogen-bond acceptors (Lipinski definition) is 3. The van der Waals surface area contributed by atoms with Crippen LogP contribution in [0.1, 0.15) is 36.1 Å². The molecule has 55 heavy (non-hydrogen) atoms. The first-order valence-electron chi connectivity index (χ1n) is 18.8. The minimum atomic E-state index is -0.108. The predicted molar refractivity (Wildman–Crippen MR) is 230 cm³/mol. The number of hydrogen-bond donors (Lipinski definition) is 0. The molecule has 1 aliphatic heterocycles. The molecule has 3 nitrogen and oxygen atoms in total. The number of aromatic nitrogens is 3. The summed E-state index contributed by atoms with van der Waals surface area (Å²) in [4.78, 5) is 11.8. The molecule has 0 saturated carbocycles. The molecule has 260 valence electrons. The summed E-state index contributed by atoms with van der Waals surface area (Å²) in [6, 6.07) is 53.5. The molecule has 0 N–H and O–H groups in total. The number of pyridine rings is 2. The van der Waals surface area contributed by atoms with Gasteiger partial charge in [-0.05, 0) is 121 Å². The van der Waals surface area contributed by atoms with E-state index in [-0.39, 0.29) is 5.41 Å². The van der Waals surface area contributed by atoms with Gasteiger partial charge in [0.15, 0.2) is 0 Å². The van der Waals surface area contributed by atoms with Crippen molar-refractivity contribution in [1.82, 2.24) is 14.5 Å². The molecule has 1 aliphatic carbocycles. The highest BCUT2D eigenvalue weighted by atomic mass is 32.2. The number of fused-ring (bicyclic) bond motifs is 12. The zero-order valence-electron chi connectivity index (χ0n) is 30.5. The third kappa shape index (κ3) is 4.98. The van der Waals surface area contributed by atoms with Gasteiger partial charge in [0.25, 0.3) is 0 Å². The third-order valence-corrected chi connectivity index (χ3v) is 12.7. The van der Waals surface area contributed by atoms with E-state index >= 15 is 0 Å². The van der Waals surface area contributed by atoms with Crippen molar-refractivity contribution in [2.75, 3.05) is 0 Å². The summed E-state index contributed by atoms with van der Waals surface area (Å²) in [6.45, 7) is 4.74. The molecule has 0 spiro atoms. The Hall–Kier alpha value is -6.49. The van der Waals surface area contributed by atoms with Gasteiger partial charge in [-0.25, -0.2) is 4.98 Å². The molecular weight excluding hydrogens is 687 g/mol. The van der Waals surface area contributed by atoms with Gasteiger partial charge in [-0.1, -0.05) is 129 Å². The van der Waals surface area contributed by atoms with Gasteiger partial charge in [0, 0.05) is 44.6 Å². The smallest absolute Gasteiger partial charge is 0.137 e. The van der Waals surface area contributed by atoms with E-state index in [2.05, 4.69) is 169 Å². The Morgan fingerprint density at radius 1 is 0.491 bits per heavy atom. The lowest BCUT2D eigenvalue weighted by Crippen LogP contribution is -2.15. The average molecular weight is 722 g/mol. The van der Waals surface area contributed by atoms with Gasteiger partial charge in [-0.15, -0.1) is 0 Å². The summed E-state index contributed by atoms with van der Waals surface area (Å²) in [6.07, 6.45) is 10.3. The first-order chi connectivity index (χ1) is 27.0. The predicted octanol–water partition coefficient (Wildman–Crippen LogP) is 13.5. The second-order valence-electron chi connectivity index (χ2n) is 15.0. The van der Waals surface area contributed by atoms with Crippen LogP contribution in [0.15, 0.2) is 174 Å². The number of rotatable bonds is 2. The van der Waals surface area contributed by atoms with E-state index in [0.29, 0.717) is 0 Å². The molecule has 0 radical (unpaired) electrons. The van der Waals surface area contributed by atoms with Gasteiger partial charge < -0.3 is 0 Å². The maximum atomic E-state index is 4.72. The van der Waals surface area contributed by atoms with Gasteiger partial charge >= 0.3 is 0 Å². The van der Waals surface area contributed by atoms with Crippen molar-refractivity contribution in [1.29, 1.82) is 0 Å². The molecule has 0 bridgehead atoms. The topological polar surface area (TPSA) is 30.7 Å². The lowest BCUT2D eigenvalue weighted by atomic mass is 9.82. The van der Waals surface area contributed by atoms with Crippen LogP contribution in [0.5, 0.6) is 0 Å². The van der Waals surface area contributed by atoms with Crippen molar-refractivity contribution in [2.45, 2.75) is 29.1 Å². The Morgan fingerprint density at radius 2 is 1.22 bits per heavy atom. The molecule has 3 aromatic heterocycles. The molecule has 11 rings (SSSR count). The SMILES string of the molecule is CC1(C)c2ccccc2-c2cc3c(cc21)Sc1ccccc1-c1ccccc1/C=C\c1ccc(-c2ccc4c(c2)c2cnccc2n4-c2ccccn2)cc1-3. The molecule has 4 heteroatoms. The van der Waals surface area contributed by atoms with E-state index in [9.17, 15) is 0 Å². The monoisotopic (exact) mass is 721 g/mol. The molecule has 2 aliphatic rings. The van der Waals surface area contributed by atoms with Gasteiger partial charge in [0.05, 0.1) is 11.0 Å². The normalized spacial score (nSPS) is 14.2. The third-order valence-electron chi connectivity index (χ3n) is 11.6. The first-order valence-corrected chi connectivity index (χ1v) is 19.6. The zero-order valence-corrected chi connectivity index (χ0v) is 31.3. The van der Waals surface area contributed by atoms with Crippen LogP contribution in [0.4, 0.5) is 0 Å².